The fourth-order valence-corrected chi connectivity index (χ4v) is 5.58. The number of ether oxygens (including phenoxy) is 1. The summed E-state index contributed by atoms with van der Waals surface area (Å²) in [6, 6.07) is 9.95. The van der Waals surface area contributed by atoms with Gasteiger partial charge in [0.1, 0.15) is 24.0 Å². The number of anilines is 2. The van der Waals surface area contributed by atoms with Gasteiger partial charge in [0.25, 0.3) is 0 Å². The second-order valence-corrected chi connectivity index (χ2v) is 11.0. The van der Waals surface area contributed by atoms with E-state index in [1.807, 2.05) is 45.3 Å². The Hall–Kier alpha value is -3.28. The van der Waals surface area contributed by atoms with E-state index in [4.69, 9.17) is 9.72 Å². The third-order valence-corrected chi connectivity index (χ3v) is 7.22. The minimum absolute atomic E-state index is 0.0166. The number of nitrogens with zero attached hydrogens (tertiary/aromatic N) is 5. The minimum Gasteiger partial charge on any atom is -0.488 e. The van der Waals surface area contributed by atoms with Gasteiger partial charge >= 0.3 is 5.69 Å². The average Bonchev–Trinajstić information content (AvgIpc) is 3.35. The zero-order valence-electron chi connectivity index (χ0n) is 20.4. The zero-order chi connectivity index (χ0) is 25.4. The van der Waals surface area contributed by atoms with Gasteiger partial charge < -0.3 is 19.9 Å². The first-order chi connectivity index (χ1) is 17.3. The molecule has 2 N–H and O–H groups in total. The van der Waals surface area contributed by atoms with Crippen LogP contribution in [0.1, 0.15) is 17.6 Å². The first kappa shape index (κ1) is 24.4. The predicted molar refractivity (Wildman–Crippen MR) is 148 cm³/mol. The van der Waals surface area contributed by atoms with Gasteiger partial charge in [-0.3, -0.25) is 4.57 Å². The Morgan fingerprint density at radius 2 is 2.06 bits per heavy atom. The number of H-pyrrole nitrogens is 1. The molecule has 0 fully saturated rings. The number of nitrogens with one attached hydrogen (secondary N) is 2. The van der Waals surface area contributed by atoms with Crippen molar-refractivity contribution in [3.8, 4) is 5.75 Å². The van der Waals surface area contributed by atoms with Crippen LogP contribution >= 0.6 is 27.3 Å². The molecule has 186 valence electrons. The van der Waals surface area contributed by atoms with Crippen molar-refractivity contribution in [3.63, 3.8) is 0 Å². The Morgan fingerprint density at radius 1 is 1.22 bits per heavy atom. The highest BCUT2D eigenvalue weighted by Gasteiger charge is 2.16. The van der Waals surface area contributed by atoms with Gasteiger partial charge in [0.2, 0.25) is 0 Å². The van der Waals surface area contributed by atoms with E-state index in [0.717, 1.165) is 54.3 Å². The molecule has 0 amide bonds. The van der Waals surface area contributed by atoms with E-state index in [0.29, 0.717) is 12.2 Å². The lowest BCUT2D eigenvalue weighted by Crippen LogP contribution is -2.28. The standard InChI is InChI=1S/C25H26BrN7O2S/c1-14(12-32(2)3)35-20-8-15(26)7-19-23(20)24(29-13-28-19)30-16-5-6-18-21(9-16)36-22(31-18)10-17-11-27-25(34)33(17)4/h5-9,11,13-14H,10,12H2,1-4H3,(H,27,34)(H,28,29,30). The highest BCUT2D eigenvalue weighted by Crippen LogP contribution is 2.36. The number of hydrogen-bond donors (Lipinski definition) is 2. The van der Waals surface area contributed by atoms with Crippen LogP contribution in [0.4, 0.5) is 11.5 Å². The maximum absolute atomic E-state index is 11.7. The number of halogens is 1. The molecule has 1 unspecified atom stereocenters. The molecule has 11 heteroatoms. The second kappa shape index (κ2) is 10.00. The zero-order valence-corrected chi connectivity index (χ0v) is 22.8. The maximum atomic E-state index is 11.7. The van der Waals surface area contributed by atoms with E-state index in [1.165, 1.54) is 0 Å². The van der Waals surface area contributed by atoms with Crippen molar-refractivity contribution in [1.82, 2.24) is 29.4 Å². The summed E-state index contributed by atoms with van der Waals surface area (Å²) in [5.41, 5.74) is 3.36. The van der Waals surface area contributed by atoms with Gasteiger partial charge in [0.05, 0.1) is 26.1 Å². The van der Waals surface area contributed by atoms with Crippen molar-refractivity contribution < 1.29 is 4.74 Å². The van der Waals surface area contributed by atoms with Crippen molar-refractivity contribution in [2.24, 2.45) is 7.05 Å². The Morgan fingerprint density at radius 3 is 2.81 bits per heavy atom. The van der Waals surface area contributed by atoms with Gasteiger partial charge in [-0.1, -0.05) is 15.9 Å². The monoisotopic (exact) mass is 567 g/mol. The van der Waals surface area contributed by atoms with E-state index >= 15 is 0 Å². The van der Waals surface area contributed by atoms with Crippen LogP contribution in [0.5, 0.6) is 5.75 Å². The van der Waals surface area contributed by atoms with Gasteiger partial charge in [0.15, 0.2) is 0 Å². The molecule has 3 aromatic heterocycles. The lowest BCUT2D eigenvalue weighted by Gasteiger charge is -2.20. The number of likely N-dealkylation sites (N-methyl/N-ethyl adjacent to an activating group) is 1. The van der Waals surface area contributed by atoms with Gasteiger partial charge in [-0.15, -0.1) is 11.3 Å². The maximum Gasteiger partial charge on any atom is 0.325 e. The molecule has 0 aliphatic heterocycles. The summed E-state index contributed by atoms with van der Waals surface area (Å²) in [7, 11) is 5.80. The van der Waals surface area contributed by atoms with Crippen LogP contribution in [-0.2, 0) is 13.5 Å². The van der Waals surface area contributed by atoms with Crippen LogP contribution in [0.2, 0.25) is 0 Å². The smallest absolute Gasteiger partial charge is 0.325 e. The molecule has 0 radical (unpaired) electrons. The van der Waals surface area contributed by atoms with Crippen molar-refractivity contribution in [1.29, 1.82) is 0 Å². The van der Waals surface area contributed by atoms with Crippen LogP contribution in [0, 0.1) is 0 Å². The molecule has 0 aliphatic carbocycles. The van der Waals surface area contributed by atoms with E-state index in [-0.39, 0.29) is 11.8 Å². The van der Waals surface area contributed by atoms with E-state index < -0.39 is 0 Å². The normalized spacial score (nSPS) is 12.5. The summed E-state index contributed by atoms with van der Waals surface area (Å²) >= 11 is 5.19. The number of imidazole rings is 1. The summed E-state index contributed by atoms with van der Waals surface area (Å²) in [5.74, 6) is 1.39. The molecule has 3 heterocycles. The van der Waals surface area contributed by atoms with Crippen molar-refractivity contribution in [2.45, 2.75) is 19.4 Å². The Kier molecular flexibility index (Phi) is 6.78. The Labute approximate surface area is 220 Å². The molecule has 36 heavy (non-hydrogen) atoms. The topological polar surface area (TPSA) is 101 Å². The highest BCUT2D eigenvalue weighted by atomic mass is 79.9. The number of hydrogen-bond acceptors (Lipinski definition) is 8. The van der Waals surface area contributed by atoms with Crippen LogP contribution in [0.15, 0.2) is 52.1 Å². The third kappa shape index (κ3) is 5.13. The van der Waals surface area contributed by atoms with Crippen molar-refractivity contribution in [3.05, 3.63) is 68.5 Å². The van der Waals surface area contributed by atoms with Gasteiger partial charge in [-0.05, 0) is 51.4 Å². The fraction of sp³-hybridized carbons (Fsp3) is 0.280. The molecule has 0 spiro atoms. The molecule has 0 saturated carbocycles. The number of thiazole rings is 1. The Balaban J connectivity index is 1.46. The van der Waals surface area contributed by atoms with E-state index in [1.54, 1.807) is 35.5 Å². The molecular weight excluding hydrogens is 542 g/mol. The Bertz CT molecular complexity index is 1610. The van der Waals surface area contributed by atoms with Gasteiger partial charge in [0, 0.05) is 42.1 Å². The van der Waals surface area contributed by atoms with Crippen LogP contribution in [0.3, 0.4) is 0 Å². The first-order valence-corrected chi connectivity index (χ1v) is 13.0. The predicted octanol–water partition coefficient (Wildman–Crippen LogP) is 4.69. The average molecular weight is 569 g/mol. The van der Waals surface area contributed by atoms with Gasteiger partial charge in [-0.2, -0.15) is 0 Å². The number of aromatic nitrogens is 5. The minimum atomic E-state index is -0.124. The lowest BCUT2D eigenvalue weighted by molar-refractivity contribution is 0.179. The molecule has 0 aliphatic rings. The number of benzene rings is 2. The number of rotatable bonds is 8. The fourth-order valence-electron chi connectivity index (χ4n) is 4.13. The summed E-state index contributed by atoms with van der Waals surface area (Å²) in [5, 5.41) is 5.22. The lowest BCUT2D eigenvalue weighted by atomic mass is 10.2. The highest BCUT2D eigenvalue weighted by molar-refractivity contribution is 9.10. The van der Waals surface area contributed by atoms with Crippen LogP contribution in [-0.4, -0.2) is 56.1 Å². The molecular formula is C25H26BrN7O2S. The summed E-state index contributed by atoms with van der Waals surface area (Å²) < 4.78 is 9.86. The van der Waals surface area contributed by atoms with Crippen LogP contribution < -0.4 is 15.7 Å². The van der Waals surface area contributed by atoms with Crippen molar-refractivity contribution >= 4 is 59.9 Å². The summed E-state index contributed by atoms with van der Waals surface area (Å²) in [6.07, 6.45) is 3.86. The first-order valence-electron chi connectivity index (χ1n) is 11.4. The van der Waals surface area contributed by atoms with E-state index in [2.05, 4.69) is 47.2 Å². The van der Waals surface area contributed by atoms with Crippen molar-refractivity contribution in [2.75, 3.05) is 26.0 Å². The molecule has 1 atom stereocenters. The van der Waals surface area contributed by atoms with E-state index in [9.17, 15) is 4.79 Å². The molecule has 0 bridgehead atoms. The number of fused-ring (bicyclic) bond motifs is 2. The molecule has 2 aromatic carbocycles. The molecule has 5 aromatic rings. The second-order valence-electron chi connectivity index (χ2n) is 8.95. The largest absolute Gasteiger partial charge is 0.488 e. The SMILES string of the molecule is CC(CN(C)C)Oc1cc(Br)cc2ncnc(Nc3ccc4nc(Cc5c[nH]c(=O)n5C)sc4c3)c12. The third-order valence-electron chi connectivity index (χ3n) is 5.74. The number of aromatic amines is 1. The quantitative estimate of drug-likeness (QED) is 0.280. The van der Waals surface area contributed by atoms with Crippen LogP contribution in [0.25, 0.3) is 21.1 Å². The molecule has 0 saturated heterocycles. The summed E-state index contributed by atoms with van der Waals surface area (Å²) in [6.45, 7) is 2.83. The summed E-state index contributed by atoms with van der Waals surface area (Å²) in [4.78, 5) is 30.3. The van der Waals surface area contributed by atoms with Gasteiger partial charge in [-0.25, -0.2) is 19.7 Å². The molecule has 5 rings (SSSR count). The molecule has 9 nitrogen and oxygen atoms in total.